The third kappa shape index (κ3) is 4.69. The fourth-order valence-electron chi connectivity index (χ4n) is 3.73. The third-order valence-electron chi connectivity index (χ3n) is 5.46. The first-order chi connectivity index (χ1) is 14.7. The number of hydrogen-bond acceptors (Lipinski definition) is 4. The van der Waals surface area contributed by atoms with Crippen LogP contribution in [0, 0.1) is 12.7 Å². The minimum Gasteiger partial charge on any atom is -0.507 e. The number of hydrogen-bond donors (Lipinski definition) is 1. The van der Waals surface area contributed by atoms with E-state index in [2.05, 4.69) is 0 Å². The van der Waals surface area contributed by atoms with E-state index in [0.29, 0.717) is 11.1 Å². The van der Waals surface area contributed by atoms with E-state index in [1.807, 2.05) is 45.0 Å². The highest BCUT2D eigenvalue weighted by molar-refractivity contribution is 6.46. The standard InChI is InChI=1S/C25H28FNO4/c1-5-17-6-8-18(9-7-17)22-21(23(28)19-10-11-20(26)16(4)14-19)24(29)25(30)27(22)12-13-31-15(2)3/h6-11,14-15,22,28H,5,12-13H2,1-4H3/b23-21-. The molecule has 5 nitrogen and oxygen atoms in total. The van der Waals surface area contributed by atoms with Crippen LogP contribution in [0.2, 0.25) is 0 Å². The Bertz CT molecular complexity index is 1010. The number of rotatable bonds is 7. The minimum absolute atomic E-state index is 0.00445. The first-order valence-corrected chi connectivity index (χ1v) is 10.5. The van der Waals surface area contributed by atoms with E-state index in [9.17, 15) is 19.1 Å². The number of ether oxygens (including phenoxy) is 1. The summed E-state index contributed by atoms with van der Waals surface area (Å²) in [5.74, 6) is -2.15. The first-order valence-electron chi connectivity index (χ1n) is 10.5. The van der Waals surface area contributed by atoms with Crippen molar-refractivity contribution in [2.75, 3.05) is 13.2 Å². The van der Waals surface area contributed by atoms with Crippen LogP contribution in [-0.4, -0.2) is 41.0 Å². The second-order valence-corrected chi connectivity index (χ2v) is 7.97. The molecule has 1 unspecified atom stereocenters. The summed E-state index contributed by atoms with van der Waals surface area (Å²) >= 11 is 0. The number of aliphatic hydroxyl groups is 1. The fraction of sp³-hybridized carbons (Fsp3) is 0.360. The molecule has 31 heavy (non-hydrogen) atoms. The molecule has 0 aromatic heterocycles. The maximum absolute atomic E-state index is 13.7. The molecule has 0 bridgehead atoms. The van der Waals surface area contributed by atoms with Crippen LogP contribution in [0.5, 0.6) is 0 Å². The van der Waals surface area contributed by atoms with Crippen molar-refractivity contribution in [3.63, 3.8) is 0 Å². The van der Waals surface area contributed by atoms with Crippen molar-refractivity contribution in [1.82, 2.24) is 4.90 Å². The molecule has 0 saturated carbocycles. The van der Waals surface area contributed by atoms with Crippen molar-refractivity contribution >= 4 is 17.4 Å². The predicted molar refractivity (Wildman–Crippen MR) is 117 cm³/mol. The van der Waals surface area contributed by atoms with Crippen LogP contribution in [0.4, 0.5) is 4.39 Å². The number of ketones is 1. The predicted octanol–water partition coefficient (Wildman–Crippen LogP) is 4.54. The maximum Gasteiger partial charge on any atom is 0.295 e. The summed E-state index contributed by atoms with van der Waals surface area (Å²) < 4.78 is 19.3. The second kappa shape index (κ2) is 9.43. The van der Waals surface area contributed by atoms with Crippen LogP contribution in [0.25, 0.3) is 5.76 Å². The average Bonchev–Trinajstić information content (AvgIpc) is 3.00. The normalized spacial score (nSPS) is 18.3. The van der Waals surface area contributed by atoms with Crippen molar-refractivity contribution in [3.05, 3.63) is 76.1 Å². The quantitative estimate of drug-likeness (QED) is 0.402. The number of Topliss-reactive ketones (excluding diaryl/α,β-unsaturated/α-hetero) is 1. The fourth-order valence-corrected chi connectivity index (χ4v) is 3.73. The highest BCUT2D eigenvalue weighted by Gasteiger charge is 2.45. The highest BCUT2D eigenvalue weighted by Crippen LogP contribution is 2.39. The number of carbonyl (C=O) groups is 2. The van der Waals surface area contributed by atoms with Gasteiger partial charge in [0.15, 0.2) is 0 Å². The average molecular weight is 426 g/mol. The van der Waals surface area contributed by atoms with Crippen LogP contribution in [0.1, 0.15) is 49.1 Å². The Morgan fingerprint density at radius 3 is 2.42 bits per heavy atom. The van der Waals surface area contributed by atoms with Gasteiger partial charge in [0.25, 0.3) is 11.7 Å². The van der Waals surface area contributed by atoms with E-state index in [1.165, 1.54) is 23.1 Å². The molecule has 1 fully saturated rings. The van der Waals surface area contributed by atoms with E-state index in [1.54, 1.807) is 6.92 Å². The molecule has 1 N–H and O–H groups in total. The molecule has 164 valence electrons. The number of amides is 1. The number of aliphatic hydroxyl groups excluding tert-OH is 1. The maximum atomic E-state index is 13.7. The van der Waals surface area contributed by atoms with Gasteiger partial charge in [-0.05, 0) is 62.1 Å². The molecule has 0 radical (unpaired) electrons. The van der Waals surface area contributed by atoms with Gasteiger partial charge in [-0.2, -0.15) is 0 Å². The summed E-state index contributed by atoms with van der Waals surface area (Å²) in [6, 6.07) is 11.0. The number of benzene rings is 2. The molecule has 1 heterocycles. The number of carbonyl (C=O) groups excluding carboxylic acids is 2. The Kier molecular flexibility index (Phi) is 6.91. The Morgan fingerprint density at radius 2 is 1.84 bits per heavy atom. The number of halogens is 1. The zero-order valence-electron chi connectivity index (χ0n) is 18.3. The lowest BCUT2D eigenvalue weighted by atomic mass is 9.94. The molecule has 2 aromatic rings. The van der Waals surface area contributed by atoms with E-state index >= 15 is 0 Å². The van der Waals surface area contributed by atoms with Gasteiger partial charge in [-0.3, -0.25) is 9.59 Å². The molecular weight excluding hydrogens is 397 g/mol. The summed E-state index contributed by atoms with van der Waals surface area (Å²) in [7, 11) is 0. The molecule has 1 aliphatic heterocycles. The highest BCUT2D eigenvalue weighted by atomic mass is 19.1. The van der Waals surface area contributed by atoms with E-state index in [-0.39, 0.29) is 30.6 Å². The molecule has 2 aromatic carbocycles. The molecule has 6 heteroatoms. The van der Waals surface area contributed by atoms with E-state index < -0.39 is 23.5 Å². The van der Waals surface area contributed by atoms with Crippen LogP contribution in [0.3, 0.4) is 0 Å². The van der Waals surface area contributed by atoms with Crippen molar-refractivity contribution in [3.8, 4) is 0 Å². The summed E-state index contributed by atoms with van der Waals surface area (Å²) in [6.45, 7) is 7.89. The SMILES string of the molecule is CCc1ccc(C2/C(=C(/O)c3ccc(F)c(C)c3)C(=O)C(=O)N2CCOC(C)C)cc1. The smallest absolute Gasteiger partial charge is 0.295 e. The van der Waals surface area contributed by atoms with Crippen LogP contribution >= 0.6 is 0 Å². The first kappa shape index (κ1) is 22.7. The van der Waals surface area contributed by atoms with Crippen molar-refractivity contribution in [2.24, 2.45) is 0 Å². The topological polar surface area (TPSA) is 66.8 Å². The monoisotopic (exact) mass is 425 g/mol. The largest absolute Gasteiger partial charge is 0.507 e. The Labute approximate surface area is 182 Å². The summed E-state index contributed by atoms with van der Waals surface area (Å²) in [4.78, 5) is 27.3. The zero-order chi connectivity index (χ0) is 22.7. The van der Waals surface area contributed by atoms with Gasteiger partial charge < -0.3 is 14.7 Å². The van der Waals surface area contributed by atoms with Crippen LogP contribution in [0.15, 0.2) is 48.0 Å². The van der Waals surface area contributed by atoms with Gasteiger partial charge in [0.05, 0.1) is 24.3 Å². The molecule has 1 atom stereocenters. The lowest BCUT2D eigenvalue weighted by Crippen LogP contribution is -2.33. The van der Waals surface area contributed by atoms with Crippen LogP contribution < -0.4 is 0 Å². The number of likely N-dealkylation sites (tertiary alicyclic amines) is 1. The molecule has 1 saturated heterocycles. The lowest BCUT2D eigenvalue weighted by Gasteiger charge is -2.26. The van der Waals surface area contributed by atoms with Gasteiger partial charge in [-0.15, -0.1) is 0 Å². The number of aryl methyl sites for hydroxylation is 2. The Hall–Kier alpha value is -2.99. The van der Waals surface area contributed by atoms with E-state index in [0.717, 1.165) is 17.5 Å². The van der Waals surface area contributed by atoms with Crippen molar-refractivity contribution in [1.29, 1.82) is 0 Å². The van der Waals surface area contributed by atoms with Gasteiger partial charge in [0.1, 0.15) is 11.6 Å². The molecule has 1 aliphatic rings. The molecule has 1 amide bonds. The Balaban J connectivity index is 2.10. The third-order valence-corrected chi connectivity index (χ3v) is 5.46. The summed E-state index contributed by atoms with van der Waals surface area (Å²) in [5.41, 5.74) is 2.49. The van der Waals surface area contributed by atoms with E-state index in [4.69, 9.17) is 4.74 Å². The summed E-state index contributed by atoms with van der Waals surface area (Å²) in [5, 5.41) is 11.0. The number of nitrogens with zero attached hydrogens (tertiary/aromatic N) is 1. The Morgan fingerprint density at radius 1 is 1.16 bits per heavy atom. The molecule has 0 aliphatic carbocycles. The zero-order valence-corrected chi connectivity index (χ0v) is 18.3. The van der Waals surface area contributed by atoms with Crippen molar-refractivity contribution < 1.29 is 23.8 Å². The van der Waals surface area contributed by atoms with Gasteiger partial charge in [-0.25, -0.2) is 4.39 Å². The van der Waals surface area contributed by atoms with Gasteiger partial charge in [0, 0.05) is 12.1 Å². The molecular formula is C25H28FNO4. The summed E-state index contributed by atoms with van der Waals surface area (Å²) in [6.07, 6.45) is 0.846. The van der Waals surface area contributed by atoms with Gasteiger partial charge >= 0.3 is 0 Å². The lowest BCUT2D eigenvalue weighted by molar-refractivity contribution is -0.140. The molecule has 3 rings (SSSR count). The van der Waals surface area contributed by atoms with Crippen LogP contribution in [-0.2, 0) is 20.7 Å². The van der Waals surface area contributed by atoms with Gasteiger partial charge in [0.2, 0.25) is 0 Å². The van der Waals surface area contributed by atoms with Gasteiger partial charge in [-0.1, -0.05) is 31.2 Å². The molecule has 0 spiro atoms. The second-order valence-electron chi connectivity index (χ2n) is 7.97. The minimum atomic E-state index is -0.756. The van der Waals surface area contributed by atoms with Crippen molar-refractivity contribution in [2.45, 2.75) is 46.3 Å².